The number of hydrogen-bond acceptors (Lipinski definition) is 15. The van der Waals surface area contributed by atoms with Crippen LogP contribution in [0.4, 0.5) is 46.0 Å². The Hall–Kier alpha value is -9.44. The normalized spacial score (nSPS) is 16.3. The van der Waals surface area contributed by atoms with Gasteiger partial charge in [-0.05, 0) is 105 Å². The summed E-state index contributed by atoms with van der Waals surface area (Å²) in [5, 5.41) is 36.9. The summed E-state index contributed by atoms with van der Waals surface area (Å²) in [5.41, 5.74) is 5.99. The number of likely N-dealkylation sites (tertiary alicyclic amines) is 1. The van der Waals surface area contributed by atoms with Gasteiger partial charge in [-0.1, -0.05) is 47.5 Å². The highest BCUT2D eigenvalue weighted by Gasteiger charge is 2.29. The quantitative estimate of drug-likeness (QED) is 0.0425. The number of carboxylic acid groups (broad SMARTS) is 1. The SMILES string of the molecule is CN(C)C1CCN(C(=O)c2cccc(Nc3cc(Nc4cccc(Cl)c4)nc4c(/C=C5\CC(=O)NC5=O)cnn34)c2)C1.O=C1C/C(=C\c2cnn3c(Nc4cccc(C(=O)O)c4)cc(Nc4cccc(Cl)c4)nc23)C(=O)N1. The molecule has 3 fully saturated rings. The third-order valence-corrected chi connectivity index (χ3v) is 13.1. The first-order valence-electron chi connectivity index (χ1n) is 23.9. The molecule has 1 atom stereocenters. The van der Waals surface area contributed by atoms with Crippen LogP contribution in [-0.4, -0.2) is 113 Å². The highest BCUT2D eigenvalue weighted by Crippen LogP contribution is 2.30. The average Bonchev–Trinajstić information content (AvgIpc) is 4.29. The molecule has 388 valence electrons. The molecule has 3 aliphatic heterocycles. The maximum Gasteiger partial charge on any atom is 0.335 e. The largest absolute Gasteiger partial charge is 0.478 e. The minimum absolute atomic E-state index is 0.00510. The molecule has 8 aromatic rings. The van der Waals surface area contributed by atoms with E-state index < -0.39 is 17.8 Å². The van der Waals surface area contributed by atoms with Crippen molar-refractivity contribution in [3.63, 3.8) is 0 Å². The van der Waals surface area contributed by atoms with Crippen molar-refractivity contribution in [1.29, 1.82) is 0 Å². The summed E-state index contributed by atoms with van der Waals surface area (Å²) in [7, 11) is 4.07. The van der Waals surface area contributed by atoms with Gasteiger partial charge < -0.3 is 36.2 Å². The molecule has 21 nitrogen and oxygen atoms in total. The summed E-state index contributed by atoms with van der Waals surface area (Å²) < 4.78 is 3.14. The lowest BCUT2D eigenvalue weighted by Gasteiger charge is -2.20. The summed E-state index contributed by atoms with van der Waals surface area (Å²) in [6.07, 6.45) is 7.24. The van der Waals surface area contributed by atoms with E-state index in [0.717, 1.165) is 18.7 Å². The van der Waals surface area contributed by atoms with Crippen molar-refractivity contribution in [3.8, 4) is 0 Å². The summed E-state index contributed by atoms with van der Waals surface area (Å²) >= 11 is 12.3. The van der Waals surface area contributed by atoms with E-state index in [-0.39, 0.29) is 36.1 Å². The smallest absolute Gasteiger partial charge is 0.335 e. The topological polar surface area (TPSA) is 262 Å². The first-order valence-corrected chi connectivity index (χ1v) is 24.7. The summed E-state index contributed by atoms with van der Waals surface area (Å²) in [5.74, 6) is -0.650. The van der Waals surface area contributed by atoms with E-state index in [2.05, 4.69) is 52.0 Å². The molecule has 3 aliphatic rings. The van der Waals surface area contributed by atoms with Crippen LogP contribution in [0, 0.1) is 0 Å². The summed E-state index contributed by atoms with van der Waals surface area (Å²) in [6, 6.07) is 31.9. The molecule has 0 radical (unpaired) electrons. The molecule has 1 unspecified atom stereocenters. The maximum absolute atomic E-state index is 13.3. The van der Waals surface area contributed by atoms with E-state index in [0.29, 0.717) is 102 Å². The number of imide groups is 2. The van der Waals surface area contributed by atoms with Crippen molar-refractivity contribution in [2.24, 2.45) is 0 Å². The number of halogens is 2. The zero-order valence-electron chi connectivity index (χ0n) is 41.0. The van der Waals surface area contributed by atoms with Crippen LogP contribution in [0.25, 0.3) is 23.4 Å². The van der Waals surface area contributed by atoms with Gasteiger partial charge in [0, 0.05) is 91.9 Å². The number of aromatic carboxylic acids is 1. The third kappa shape index (κ3) is 11.8. The Labute approximate surface area is 448 Å². The van der Waals surface area contributed by atoms with Crippen LogP contribution in [0.2, 0.25) is 10.0 Å². The summed E-state index contributed by atoms with van der Waals surface area (Å²) in [4.78, 5) is 85.7. The van der Waals surface area contributed by atoms with Crippen LogP contribution in [0.1, 0.15) is 51.1 Å². The second-order valence-electron chi connectivity index (χ2n) is 18.3. The molecule has 11 rings (SSSR count). The van der Waals surface area contributed by atoms with Crippen molar-refractivity contribution < 1.29 is 33.9 Å². The number of benzene rings is 4. The maximum atomic E-state index is 13.3. The average molecular weight is 1070 g/mol. The molecule has 0 spiro atoms. The molecular formula is C54H46Cl2N14O7. The van der Waals surface area contributed by atoms with E-state index >= 15 is 0 Å². The van der Waals surface area contributed by atoms with Crippen LogP contribution in [0.5, 0.6) is 0 Å². The second kappa shape index (κ2) is 21.8. The molecule has 3 saturated heterocycles. The zero-order valence-corrected chi connectivity index (χ0v) is 42.6. The molecule has 0 saturated carbocycles. The van der Waals surface area contributed by atoms with Gasteiger partial charge in [0.05, 0.1) is 30.8 Å². The van der Waals surface area contributed by atoms with Crippen molar-refractivity contribution in [1.82, 2.24) is 49.6 Å². The fourth-order valence-electron chi connectivity index (χ4n) is 8.80. The third-order valence-electron chi connectivity index (χ3n) is 12.6. The molecule has 4 aromatic carbocycles. The summed E-state index contributed by atoms with van der Waals surface area (Å²) in [6.45, 7) is 1.42. The van der Waals surface area contributed by atoms with Gasteiger partial charge in [-0.15, -0.1) is 0 Å². The number of nitrogens with zero attached hydrogens (tertiary/aromatic N) is 8. The number of carbonyl (C=O) groups excluding carboxylic acids is 5. The Morgan fingerprint density at radius 1 is 0.636 bits per heavy atom. The Kier molecular flexibility index (Phi) is 14.5. The van der Waals surface area contributed by atoms with Crippen molar-refractivity contribution in [2.75, 3.05) is 48.5 Å². The van der Waals surface area contributed by atoms with Crippen LogP contribution in [0.3, 0.4) is 0 Å². The van der Waals surface area contributed by atoms with E-state index in [4.69, 9.17) is 28.2 Å². The number of anilines is 8. The zero-order chi connectivity index (χ0) is 53.9. The van der Waals surface area contributed by atoms with Gasteiger partial charge in [0.1, 0.15) is 23.3 Å². The minimum atomic E-state index is -1.05. The van der Waals surface area contributed by atoms with Crippen molar-refractivity contribution in [2.45, 2.75) is 25.3 Å². The Balaban J connectivity index is 0.000000178. The van der Waals surface area contributed by atoms with Gasteiger partial charge in [-0.2, -0.15) is 19.2 Å². The Bertz CT molecular complexity index is 3780. The predicted octanol–water partition coefficient (Wildman–Crippen LogP) is 8.07. The van der Waals surface area contributed by atoms with Crippen LogP contribution >= 0.6 is 23.2 Å². The predicted molar refractivity (Wildman–Crippen MR) is 291 cm³/mol. The van der Waals surface area contributed by atoms with Gasteiger partial charge in [-0.3, -0.25) is 34.6 Å². The molecule has 23 heteroatoms. The van der Waals surface area contributed by atoms with Gasteiger partial charge in [0.2, 0.25) is 11.8 Å². The monoisotopic (exact) mass is 1070 g/mol. The van der Waals surface area contributed by atoms with Gasteiger partial charge in [0.15, 0.2) is 11.3 Å². The fraction of sp³-hybridized carbons (Fsp3) is 0.148. The van der Waals surface area contributed by atoms with Crippen LogP contribution in [-0.2, 0) is 19.2 Å². The lowest BCUT2D eigenvalue weighted by atomic mass is 10.1. The standard InChI is InChI=1S/C30H29ClN8O3.C24H17ClN6O4/c1-37(2)24-9-10-38(17-24)30(42)18-5-3-7-22(12-18)34-26-15-25(33-23-8-4-6-21(31)14-23)35-28-20(16-32-39(26)28)11-19-13-27(40)36-29(19)41;25-16-4-2-6-18(10-16)27-19-11-20(28-17-5-1-3-13(8-17)24(34)35)31-22(29-19)15(12-26-31)7-14-9-21(32)30-23(14)33/h3-8,11-12,14-16,24,34H,9-10,13,17H2,1-2H3,(H,33,35)(H,36,40,41);1-8,10-12,28H,9H2,(H,27,29)(H,34,35)(H,30,32,33)/b19-11+;14-7+. The van der Waals surface area contributed by atoms with Gasteiger partial charge in [0.25, 0.3) is 17.7 Å². The van der Waals surface area contributed by atoms with Crippen molar-refractivity contribution in [3.05, 3.63) is 165 Å². The number of nitrogens with one attached hydrogen (secondary N) is 6. The molecule has 7 N–H and O–H groups in total. The molecule has 0 bridgehead atoms. The van der Waals surface area contributed by atoms with Crippen LogP contribution < -0.4 is 31.9 Å². The van der Waals surface area contributed by atoms with Crippen molar-refractivity contribution >= 4 is 128 Å². The number of likely N-dealkylation sites (N-methyl/N-ethyl adjacent to an activating group) is 1. The molecular weight excluding hydrogens is 1030 g/mol. The van der Waals surface area contributed by atoms with Crippen LogP contribution in [0.15, 0.2) is 133 Å². The van der Waals surface area contributed by atoms with E-state index in [9.17, 15) is 33.9 Å². The molecule has 4 aromatic heterocycles. The Morgan fingerprint density at radius 3 is 1.52 bits per heavy atom. The number of fused-ring (bicyclic) bond motifs is 2. The fourth-order valence-corrected chi connectivity index (χ4v) is 9.18. The number of hydrogen-bond donors (Lipinski definition) is 7. The minimum Gasteiger partial charge on any atom is -0.478 e. The number of aromatic nitrogens is 6. The lowest BCUT2D eigenvalue weighted by molar-refractivity contribution is -0.125. The van der Waals surface area contributed by atoms with E-state index in [1.54, 1.807) is 77.5 Å². The number of carboxylic acids is 1. The number of rotatable bonds is 13. The molecule has 7 heterocycles. The molecule has 5 amide bonds. The first kappa shape index (κ1) is 51.1. The highest BCUT2D eigenvalue weighted by atomic mass is 35.5. The molecule has 77 heavy (non-hydrogen) atoms. The van der Waals surface area contributed by atoms with E-state index in [1.165, 1.54) is 22.8 Å². The van der Waals surface area contributed by atoms with Gasteiger partial charge >= 0.3 is 5.97 Å². The second-order valence-corrected chi connectivity index (χ2v) is 19.2. The van der Waals surface area contributed by atoms with E-state index in [1.807, 2.05) is 61.5 Å². The molecule has 0 aliphatic carbocycles. The number of amides is 5. The first-order chi connectivity index (χ1) is 37.1. The highest BCUT2D eigenvalue weighted by molar-refractivity contribution is 6.31. The Morgan fingerprint density at radius 2 is 1.09 bits per heavy atom. The lowest BCUT2D eigenvalue weighted by Crippen LogP contribution is -2.34. The van der Waals surface area contributed by atoms with Gasteiger partial charge in [-0.25, -0.2) is 14.8 Å². The number of carbonyl (C=O) groups is 6.